The molecule has 0 spiro atoms. The number of aryl methyl sites for hydroxylation is 2. The second-order valence-electron chi connectivity index (χ2n) is 7.00. The Labute approximate surface area is 136 Å². The zero-order chi connectivity index (χ0) is 16.6. The number of nitrogens with one attached hydrogen (secondary N) is 2. The van der Waals surface area contributed by atoms with E-state index in [-0.39, 0.29) is 11.5 Å². The summed E-state index contributed by atoms with van der Waals surface area (Å²) < 4.78 is 1.83. The van der Waals surface area contributed by atoms with E-state index in [2.05, 4.69) is 59.3 Å². The lowest BCUT2D eigenvalue weighted by molar-refractivity contribution is 0.347. The molecule has 0 aliphatic carbocycles. The summed E-state index contributed by atoms with van der Waals surface area (Å²) in [7, 11) is 1.94. The maximum absolute atomic E-state index is 4.50. The molecule has 3 aromatic rings. The number of anilines is 1. The first-order chi connectivity index (χ1) is 10.9. The topological polar surface area (TPSA) is 71.4 Å². The average Bonchev–Trinajstić information content (AvgIpc) is 3.09. The predicted molar refractivity (Wildman–Crippen MR) is 92.3 cm³/mol. The van der Waals surface area contributed by atoms with Crippen molar-refractivity contribution in [3.05, 3.63) is 36.0 Å². The molecule has 6 nitrogen and oxygen atoms in total. The van der Waals surface area contributed by atoms with Crippen LogP contribution in [-0.4, -0.2) is 24.7 Å². The second kappa shape index (κ2) is 5.68. The van der Waals surface area contributed by atoms with E-state index in [4.69, 9.17) is 0 Å². The van der Waals surface area contributed by atoms with Gasteiger partial charge in [0.2, 0.25) is 0 Å². The van der Waals surface area contributed by atoms with Crippen LogP contribution in [0.1, 0.15) is 44.9 Å². The van der Waals surface area contributed by atoms with Gasteiger partial charge in [-0.3, -0.25) is 4.68 Å². The van der Waals surface area contributed by atoms with E-state index in [9.17, 15) is 0 Å². The average molecular weight is 312 g/mol. The molecular weight excluding hydrogens is 288 g/mol. The van der Waals surface area contributed by atoms with Gasteiger partial charge in [0.1, 0.15) is 17.8 Å². The molecule has 6 heteroatoms. The molecule has 0 aliphatic heterocycles. The molecule has 1 unspecified atom stereocenters. The monoisotopic (exact) mass is 312 g/mol. The minimum absolute atomic E-state index is 0.0169. The first-order valence-corrected chi connectivity index (χ1v) is 7.96. The lowest BCUT2D eigenvalue weighted by atomic mass is 9.83. The van der Waals surface area contributed by atoms with Gasteiger partial charge in [-0.25, -0.2) is 9.97 Å². The van der Waals surface area contributed by atoms with Crippen molar-refractivity contribution in [1.29, 1.82) is 0 Å². The van der Waals surface area contributed by atoms with Crippen molar-refractivity contribution in [1.82, 2.24) is 24.7 Å². The first-order valence-electron chi connectivity index (χ1n) is 7.96. The largest absolute Gasteiger partial charge is 0.362 e. The molecular formula is C17H24N6. The Bertz CT molecular complexity index is 808. The highest BCUT2D eigenvalue weighted by Gasteiger charge is 2.28. The summed E-state index contributed by atoms with van der Waals surface area (Å²) in [5, 5.41) is 9.02. The van der Waals surface area contributed by atoms with E-state index in [0.29, 0.717) is 0 Å². The van der Waals surface area contributed by atoms with Gasteiger partial charge in [-0.2, -0.15) is 5.10 Å². The fourth-order valence-corrected chi connectivity index (χ4v) is 2.94. The van der Waals surface area contributed by atoms with E-state index >= 15 is 0 Å². The van der Waals surface area contributed by atoms with Gasteiger partial charge in [0.05, 0.1) is 17.6 Å². The van der Waals surface area contributed by atoms with Crippen LogP contribution in [0.3, 0.4) is 0 Å². The summed E-state index contributed by atoms with van der Waals surface area (Å²) in [6, 6.07) is 0.105. The molecule has 0 radical (unpaired) electrons. The van der Waals surface area contributed by atoms with Crippen LogP contribution in [0.25, 0.3) is 11.0 Å². The van der Waals surface area contributed by atoms with E-state index in [1.54, 1.807) is 6.33 Å². The van der Waals surface area contributed by atoms with Gasteiger partial charge >= 0.3 is 0 Å². The highest BCUT2D eigenvalue weighted by Crippen LogP contribution is 2.37. The summed E-state index contributed by atoms with van der Waals surface area (Å²) in [6.07, 6.45) is 8.53. The van der Waals surface area contributed by atoms with Gasteiger partial charge in [0, 0.05) is 25.0 Å². The second-order valence-corrected chi connectivity index (χ2v) is 7.00. The fourth-order valence-electron chi connectivity index (χ4n) is 2.94. The van der Waals surface area contributed by atoms with Crippen LogP contribution >= 0.6 is 0 Å². The molecule has 3 rings (SSSR count). The van der Waals surface area contributed by atoms with Gasteiger partial charge in [-0.15, -0.1) is 0 Å². The van der Waals surface area contributed by atoms with Crippen LogP contribution in [-0.2, 0) is 13.5 Å². The predicted octanol–water partition coefficient (Wildman–Crippen LogP) is 3.45. The maximum atomic E-state index is 4.50. The molecule has 0 fully saturated rings. The minimum atomic E-state index is 0.0169. The summed E-state index contributed by atoms with van der Waals surface area (Å²) in [5.41, 5.74) is 3.27. The Morgan fingerprint density at radius 3 is 2.70 bits per heavy atom. The molecule has 0 saturated carbocycles. The van der Waals surface area contributed by atoms with Crippen molar-refractivity contribution < 1.29 is 0 Å². The molecule has 23 heavy (non-hydrogen) atoms. The summed E-state index contributed by atoms with van der Waals surface area (Å²) in [4.78, 5) is 12.1. The lowest BCUT2D eigenvalue weighted by Gasteiger charge is -2.31. The third-order valence-corrected chi connectivity index (χ3v) is 4.14. The molecule has 1 atom stereocenters. The number of fused-ring (bicyclic) bond motifs is 1. The Morgan fingerprint density at radius 2 is 2.09 bits per heavy atom. The van der Waals surface area contributed by atoms with E-state index < -0.39 is 0 Å². The van der Waals surface area contributed by atoms with E-state index in [1.165, 1.54) is 5.56 Å². The Kier molecular flexibility index (Phi) is 3.83. The van der Waals surface area contributed by atoms with Gasteiger partial charge in [0.25, 0.3) is 0 Å². The smallest absolute Gasteiger partial charge is 0.143 e. The molecule has 0 saturated heterocycles. The van der Waals surface area contributed by atoms with E-state index in [1.807, 2.05) is 24.1 Å². The number of rotatable bonds is 4. The molecule has 3 aromatic heterocycles. The lowest BCUT2D eigenvalue weighted by Crippen LogP contribution is -2.26. The quantitative estimate of drug-likeness (QED) is 0.774. The maximum Gasteiger partial charge on any atom is 0.143 e. The fraction of sp³-hybridized carbons (Fsp3) is 0.471. The molecule has 0 bridgehead atoms. The number of H-pyrrole nitrogens is 1. The van der Waals surface area contributed by atoms with Crippen LogP contribution in [0, 0.1) is 5.41 Å². The highest BCUT2D eigenvalue weighted by atomic mass is 15.2. The molecule has 0 amide bonds. The van der Waals surface area contributed by atoms with Crippen molar-refractivity contribution in [3.8, 4) is 0 Å². The van der Waals surface area contributed by atoms with Crippen molar-refractivity contribution in [2.24, 2.45) is 12.5 Å². The third kappa shape index (κ3) is 2.93. The van der Waals surface area contributed by atoms with Crippen LogP contribution in [0.15, 0.2) is 24.9 Å². The summed E-state index contributed by atoms with van der Waals surface area (Å²) in [5.74, 6) is 0.872. The van der Waals surface area contributed by atoms with Crippen LogP contribution in [0.5, 0.6) is 0 Å². The van der Waals surface area contributed by atoms with Crippen molar-refractivity contribution in [2.75, 3.05) is 5.32 Å². The number of aromatic amines is 1. The van der Waals surface area contributed by atoms with Crippen LogP contribution in [0.4, 0.5) is 5.82 Å². The van der Waals surface area contributed by atoms with E-state index in [0.717, 1.165) is 28.8 Å². The summed E-state index contributed by atoms with van der Waals surface area (Å²) >= 11 is 0. The van der Waals surface area contributed by atoms with Gasteiger partial charge in [0.15, 0.2) is 0 Å². The highest BCUT2D eigenvalue weighted by molar-refractivity contribution is 5.90. The number of hydrogen-bond acceptors (Lipinski definition) is 4. The third-order valence-electron chi connectivity index (χ3n) is 4.14. The molecule has 0 aromatic carbocycles. The van der Waals surface area contributed by atoms with Crippen LogP contribution < -0.4 is 5.32 Å². The van der Waals surface area contributed by atoms with Crippen LogP contribution in [0.2, 0.25) is 0 Å². The molecule has 2 N–H and O–H groups in total. The van der Waals surface area contributed by atoms with Gasteiger partial charge in [-0.05, 0) is 17.4 Å². The normalized spacial score (nSPS) is 13.4. The molecule has 3 heterocycles. The Balaban J connectivity index is 2.05. The summed E-state index contributed by atoms with van der Waals surface area (Å²) in [6.45, 7) is 8.79. The number of aromatic nitrogens is 5. The van der Waals surface area contributed by atoms with Crippen molar-refractivity contribution in [3.63, 3.8) is 0 Å². The molecule has 122 valence electrons. The number of hydrogen-bond donors (Lipinski definition) is 2. The number of nitrogens with zero attached hydrogens (tertiary/aromatic N) is 4. The van der Waals surface area contributed by atoms with Crippen molar-refractivity contribution in [2.45, 2.75) is 40.2 Å². The Morgan fingerprint density at radius 1 is 1.30 bits per heavy atom. The SMILES string of the molecule is CCc1c[nH]c2ncnc(NC(c3cnn(C)c3)C(C)(C)C)c12. The van der Waals surface area contributed by atoms with Crippen molar-refractivity contribution >= 4 is 16.9 Å². The zero-order valence-corrected chi connectivity index (χ0v) is 14.4. The minimum Gasteiger partial charge on any atom is -0.362 e. The zero-order valence-electron chi connectivity index (χ0n) is 14.4. The standard InChI is InChI=1S/C17H24N6/c1-6-11-7-18-15-13(11)16(20-10-19-15)22-14(17(2,3)4)12-8-21-23(5)9-12/h7-10,14H,6H2,1-5H3,(H2,18,19,20,22). The van der Waals surface area contributed by atoms with Gasteiger partial charge < -0.3 is 10.3 Å². The Hall–Kier alpha value is -2.37. The molecule has 0 aliphatic rings. The first kappa shape index (κ1) is 15.5. The van der Waals surface area contributed by atoms with Gasteiger partial charge in [-0.1, -0.05) is 27.7 Å².